The summed E-state index contributed by atoms with van der Waals surface area (Å²) in [5.41, 5.74) is 0.977. The summed E-state index contributed by atoms with van der Waals surface area (Å²) in [5.74, 6) is -1.34. The monoisotopic (exact) mass is 329 g/mol. The molecule has 1 rings (SSSR count). The second-order valence-electron chi connectivity index (χ2n) is 4.13. The molecule has 1 atom stereocenters. The fourth-order valence-electron chi connectivity index (χ4n) is 1.35. The van der Waals surface area contributed by atoms with Crippen LogP contribution < -0.4 is 0 Å². The first kappa shape index (κ1) is 15.7. The molecule has 0 fully saturated rings. The van der Waals surface area contributed by atoms with Crippen LogP contribution in [0.1, 0.15) is 12.5 Å². The van der Waals surface area contributed by atoms with Gasteiger partial charge in [0.25, 0.3) is 0 Å². The Morgan fingerprint density at radius 3 is 2.63 bits per heavy atom. The van der Waals surface area contributed by atoms with E-state index in [1.54, 1.807) is 7.05 Å². The van der Waals surface area contributed by atoms with Crippen LogP contribution in [0.3, 0.4) is 0 Å². The molecule has 0 aliphatic heterocycles. The van der Waals surface area contributed by atoms with Crippen LogP contribution in [0.2, 0.25) is 0 Å². The largest absolute Gasteiger partial charge is 0.479 e. The minimum atomic E-state index is -1.08. The quantitative estimate of drug-likeness (QED) is 0.865. The van der Waals surface area contributed by atoms with Gasteiger partial charge in [-0.2, -0.15) is 0 Å². The van der Waals surface area contributed by atoms with Crippen molar-refractivity contribution in [2.24, 2.45) is 0 Å². The van der Waals surface area contributed by atoms with Crippen molar-refractivity contribution >= 4 is 27.8 Å². The van der Waals surface area contributed by atoms with Gasteiger partial charge in [-0.1, -0.05) is 34.1 Å². The van der Waals surface area contributed by atoms with Crippen LogP contribution in [0, 0.1) is 0 Å². The lowest BCUT2D eigenvalue weighted by atomic mass is 10.2. The lowest BCUT2D eigenvalue weighted by molar-refractivity contribution is -0.152. The smallest absolute Gasteiger partial charge is 0.332 e. The summed E-state index contributed by atoms with van der Waals surface area (Å²) in [4.78, 5) is 23.8. The van der Waals surface area contributed by atoms with Crippen LogP contribution in [0.4, 0.5) is 0 Å². The highest BCUT2D eigenvalue weighted by atomic mass is 79.9. The molecule has 6 heteroatoms. The van der Waals surface area contributed by atoms with Crippen LogP contribution in [-0.4, -0.2) is 41.6 Å². The van der Waals surface area contributed by atoms with Crippen molar-refractivity contribution in [2.45, 2.75) is 19.6 Å². The van der Waals surface area contributed by atoms with E-state index in [-0.39, 0.29) is 12.5 Å². The lowest BCUT2D eigenvalue weighted by Crippen LogP contribution is -2.32. The van der Waals surface area contributed by atoms with Gasteiger partial charge in [0.2, 0.25) is 5.91 Å². The number of rotatable bonds is 6. The first-order valence-electron chi connectivity index (χ1n) is 5.73. The maximum absolute atomic E-state index is 11.8. The topological polar surface area (TPSA) is 66.8 Å². The van der Waals surface area contributed by atoms with Crippen molar-refractivity contribution in [3.8, 4) is 0 Å². The Morgan fingerprint density at radius 2 is 2.05 bits per heavy atom. The average molecular weight is 330 g/mol. The van der Waals surface area contributed by atoms with E-state index in [1.807, 2.05) is 24.3 Å². The zero-order valence-electron chi connectivity index (χ0n) is 10.8. The molecule has 1 aromatic rings. The fraction of sp³-hybridized carbons (Fsp3) is 0.385. The highest BCUT2D eigenvalue weighted by Crippen LogP contribution is 2.17. The summed E-state index contributed by atoms with van der Waals surface area (Å²) < 4.78 is 5.88. The van der Waals surface area contributed by atoms with Gasteiger partial charge in [-0.05, 0) is 18.6 Å². The van der Waals surface area contributed by atoms with Gasteiger partial charge in [-0.25, -0.2) is 4.79 Å². The number of carboxylic acid groups (broad SMARTS) is 1. The van der Waals surface area contributed by atoms with Crippen molar-refractivity contribution in [3.05, 3.63) is 34.3 Å². The molecule has 0 saturated carbocycles. The standard InChI is InChI=1S/C13H16BrNO4/c1-9(13(17)18)19-8-12(16)15(2)7-10-5-3-4-6-11(10)14/h3-6,9H,7-8H2,1-2H3,(H,17,18)/t9-/m0/s1. The van der Waals surface area contributed by atoms with E-state index in [1.165, 1.54) is 11.8 Å². The van der Waals surface area contributed by atoms with Gasteiger partial charge in [0.05, 0.1) is 0 Å². The van der Waals surface area contributed by atoms with E-state index in [2.05, 4.69) is 15.9 Å². The molecule has 1 N–H and O–H groups in total. The Bertz CT molecular complexity index is 464. The molecular weight excluding hydrogens is 314 g/mol. The molecule has 0 spiro atoms. The van der Waals surface area contributed by atoms with Crippen LogP contribution in [0.25, 0.3) is 0 Å². The zero-order chi connectivity index (χ0) is 14.4. The number of nitrogens with zero attached hydrogens (tertiary/aromatic N) is 1. The molecule has 0 bridgehead atoms. The Hall–Kier alpha value is -1.40. The van der Waals surface area contributed by atoms with Gasteiger partial charge in [-0.3, -0.25) is 4.79 Å². The highest BCUT2D eigenvalue weighted by Gasteiger charge is 2.16. The Labute approximate surface area is 120 Å². The van der Waals surface area contributed by atoms with Crippen LogP contribution >= 0.6 is 15.9 Å². The van der Waals surface area contributed by atoms with E-state index in [0.29, 0.717) is 6.54 Å². The third kappa shape index (κ3) is 5.00. The van der Waals surface area contributed by atoms with Crippen LogP contribution in [-0.2, 0) is 20.9 Å². The number of hydrogen-bond acceptors (Lipinski definition) is 3. The van der Waals surface area contributed by atoms with E-state index < -0.39 is 12.1 Å². The number of ether oxygens (including phenoxy) is 1. The van der Waals surface area contributed by atoms with Gasteiger partial charge >= 0.3 is 5.97 Å². The van der Waals surface area contributed by atoms with E-state index in [0.717, 1.165) is 10.0 Å². The number of likely N-dealkylation sites (N-methyl/N-ethyl adjacent to an activating group) is 1. The third-order valence-electron chi connectivity index (χ3n) is 2.60. The maximum Gasteiger partial charge on any atom is 0.332 e. The molecule has 5 nitrogen and oxygen atoms in total. The summed E-state index contributed by atoms with van der Waals surface area (Å²) in [6.07, 6.45) is -0.985. The average Bonchev–Trinajstić information content (AvgIpc) is 2.37. The number of carbonyl (C=O) groups is 2. The molecule has 104 valence electrons. The SMILES string of the molecule is C[C@H](OCC(=O)N(C)Cc1ccccc1Br)C(=O)O. The van der Waals surface area contributed by atoms with E-state index in [4.69, 9.17) is 9.84 Å². The molecule has 1 amide bonds. The Morgan fingerprint density at radius 1 is 1.42 bits per heavy atom. The molecule has 1 aromatic carbocycles. The van der Waals surface area contributed by atoms with Crippen molar-refractivity contribution in [2.75, 3.05) is 13.7 Å². The number of carbonyl (C=O) groups excluding carboxylic acids is 1. The molecule has 0 heterocycles. The van der Waals surface area contributed by atoms with Crippen molar-refractivity contribution < 1.29 is 19.4 Å². The fourth-order valence-corrected chi connectivity index (χ4v) is 1.76. The molecule has 0 aliphatic carbocycles. The van der Waals surface area contributed by atoms with Gasteiger partial charge < -0.3 is 14.7 Å². The third-order valence-corrected chi connectivity index (χ3v) is 3.37. The van der Waals surface area contributed by atoms with Gasteiger partial charge in [0.15, 0.2) is 6.10 Å². The second-order valence-corrected chi connectivity index (χ2v) is 4.99. The highest BCUT2D eigenvalue weighted by molar-refractivity contribution is 9.10. The molecular formula is C13H16BrNO4. The lowest BCUT2D eigenvalue weighted by Gasteiger charge is -2.18. The van der Waals surface area contributed by atoms with Gasteiger partial charge in [-0.15, -0.1) is 0 Å². The van der Waals surface area contributed by atoms with Gasteiger partial charge in [0.1, 0.15) is 6.61 Å². The number of halogens is 1. The minimum Gasteiger partial charge on any atom is -0.479 e. The first-order chi connectivity index (χ1) is 8.91. The summed E-state index contributed by atoms with van der Waals surface area (Å²) in [6, 6.07) is 7.60. The summed E-state index contributed by atoms with van der Waals surface area (Å²) in [6.45, 7) is 1.59. The van der Waals surface area contributed by atoms with E-state index in [9.17, 15) is 9.59 Å². The molecule has 0 aromatic heterocycles. The summed E-state index contributed by atoms with van der Waals surface area (Å²) >= 11 is 3.41. The normalized spacial score (nSPS) is 11.9. The molecule has 0 saturated heterocycles. The van der Waals surface area contributed by atoms with Crippen LogP contribution in [0.15, 0.2) is 28.7 Å². The minimum absolute atomic E-state index is 0.242. The first-order valence-corrected chi connectivity index (χ1v) is 6.53. The zero-order valence-corrected chi connectivity index (χ0v) is 12.4. The Balaban J connectivity index is 2.50. The number of hydrogen-bond donors (Lipinski definition) is 1. The molecule has 19 heavy (non-hydrogen) atoms. The van der Waals surface area contributed by atoms with E-state index >= 15 is 0 Å². The predicted octanol–water partition coefficient (Wildman–Crippen LogP) is 1.90. The number of carboxylic acids is 1. The number of amides is 1. The second kappa shape index (κ2) is 7.25. The van der Waals surface area contributed by atoms with Crippen molar-refractivity contribution in [1.29, 1.82) is 0 Å². The maximum atomic E-state index is 11.8. The molecule has 0 aliphatic rings. The predicted molar refractivity (Wildman–Crippen MR) is 73.7 cm³/mol. The number of benzene rings is 1. The number of aliphatic carboxylic acids is 1. The van der Waals surface area contributed by atoms with Gasteiger partial charge in [0, 0.05) is 18.1 Å². The van der Waals surface area contributed by atoms with Crippen molar-refractivity contribution in [3.63, 3.8) is 0 Å². The Kier molecular flexibility index (Phi) is 5.98. The van der Waals surface area contributed by atoms with Crippen molar-refractivity contribution in [1.82, 2.24) is 4.90 Å². The molecule has 0 unspecified atom stereocenters. The van der Waals surface area contributed by atoms with Crippen LogP contribution in [0.5, 0.6) is 0 Å². The summed E-state index contributed by atoms with van der Waals surface area (Å²) in [5, 5.41) is 8.65. The summed E-state index contributed by atoms with van der Waals surface area (Å²) in [7, 11) is 1.65. The molecule has 0 radical (unpaired) electrons.